The average molecular weight is 444 g/mol. The summed E-state index contributed by atoms with van der Waals surface area (Å²) in [5, 5.41) is 4.09. The third-order valence-corrected chi connectivity index (χ3v) is 5.68. The Kier molecular flexibility index (Phi) is 6.68. The van der Waals surface area contributed by atoms with E-state index in [9.17, 15) is 4.79 Å². The zero-order valence-corrected chi connectivity index (χ0v) is 19.5. The number of nitrogens with zero attached hydrogens (tertiary/aromatic N) is 4. The molecule has 0 aliphatic carbocycles. The van der Waals surface area contributed by atoms with Crippen LogP contribution in [-0.2, 0) is 13.0 Å². The summed E-state index contributed by atoms with van der Waals surface area (Å²) in [5.74, 6) is 2.96. The Bertz CT molecular complexity index is 1310. The van der Waals surface area contributed by atoms with Crippen LogP contribution in [0.25, 0.3) is 10.9 Å². The van der Waals surface area contributed by atoms with E-state index in [1.807, 2.05) is 56.3 Å². The Morgan fingerprint density at radius 2 is 1.79 bits per heavy atom. The summed E-state index contributed by atoms with van der Waals surface area (Å²) in [6.07, 6.45) is 1.91. The SMILES string of the molecule is COc1ccc(CC[C@H](C)Nc2cc(Cn3c(C)nc4ccccc4c3=O)nc(C)n2)cc1. The highest BCUT2D eigenvalue weighted by Crippen LogP contribution is 2.16. The van der Waals surface area contributed by atoms with Gasteiger partial charge >= 0.3 is 0 Å². The van der Waals surface area contributed by atoms with Crippen molar-refractivity contribution in [2.24, 2.45) is 0 Å². The molecule has 0 aliphatic heterocycles. The molecule has 0 amide bonds. The number of anilines is 1. The van der Waals surface area contributed by atoms with Crippen LogP contribution in [0.2, 0.25) is 0 Å². The van der Waals surface area contributed by atoms with Gasteiger partial charge < -0.3 is 10.1 Å². The Morgan fingerprint density at radius 1 is 1.03 bits per heavy atom. The maximum absolute atomic E-state index is 13.0. The molecule has 4 aromatic rings. The maximum atomic E-state index is 13.0. The molecule has 1 N–H and O–H groups in total. The molecule has 4 rings (SSSR count). The number of hydrogen-bond donors (Lipinski definition) is 1. The molecule has 2 aromatic carbocycles. The van der Waals surface area contributed by atoms with Gasteiger partial charge in [-0.25, -0.2) is 15.0 Å². The number of hydrogen-bond acceptors (Lipinski definition) is 6. The molecule has 2 heterocycles. The van der Waals surface area contributed by atoms with E-state index in [1.165, 1.54) is 5.56 Å². The maximum Gasteiger partial charge on any atom is 0.261 e. The summed E-state index contributed by atoms with van der Waals surface area (Å²) < 4.78 is 6.89. The second-order valence-electron chi connectivity index (χ2n) is 8.29. The van der Waals surface area contributed by atoms with Crippen molar-refractivity contribution in [3.8, 4) is 5.75 Å². The summed E-state index contributed by atoms with van der Waals surface area (Å²) in [6.45, 7) is 6.20. The largest absolute Gasteiger partial charge is 0.497 e. The van der Waals surface area contributed by atoms with Crippen LogP contribution >= 0.6 is 0 Å². The van der Waals surface area contributed by atoms with Crippen molar-refractivity contribution in [2.75, 3.05) is 12.4 Å². The van der Waals surface area contributed by atoms with E-state index >= 15 is 0 Å². The fraction of sp³-hybridized carbons (Fsp3) is 0.308. The Hall–Kier alpha value is -3.74. The molecule has 0 fully saturated rings. The number of methoxy groups -OCH3 is 1. The van der Waals surface area contributed by atoms with Gasteiger partial charge in [0.2, 0.25) is 0 Å². The number of ether oxygens (including phenoxy) is 1. The number of benzene rings is 2. The van der Waals surface area contributed by atoms with Crippen molar-refractivity contribution in [1.29, 1.82) is 0 Å². The quantitative estimate of drug-likeness (QED) is 0.437. The number of aryl methyl sites for hydroxylation is 3. The molecular weight excluding hydrogens is 414 g/mol. The average Bonchev–Trinajstić information content (AvgIpc) is 2.80. The van der Waals surface area contributed by atoms with Crippen molar-refractivity contribution in [3.63, 3.8) is 0 Å². The molecule has 7 heteroatoms. The van der Waals surface area contributed by atoms with Gasteiger partial charge in [-0.2, -0.15) is 0 Å². The fourth-order valence-electron chi connectivity index (χ4n) is 3.91. The van der Waals surface area contributed by atoms with E-state index in [-0.39, 0.29) is 11.6 Å². The molecule has 0 unspecified atom stereocenters. The monoisotopic (exact) mass is 443 g/mol. The predicted octanol–water partition coefficient (Wildman–Crippen LogP) is 4.29. The van der Waals surface area contributed by atoms with Gasteiger partial charge in [0.25, 0.3) is 5.56 Å². The predicted molar refractivity (Wildman–Crippen MR) is 131 cm³/mol. The highest BCUT2D eigenvalue weighted by molar-refractivity contribution is 5.77. The topological polar surface area (TPSA) is 81.9 Å². The molecule has 7 nitrogen and oxygen atoms in total. The normalized spacial score (nSPS) is 12.0. The second kappa shape index (κ2) is 9.81. The highest BCUT2D eigenvalue weighted by atomic mass is 16.5. The van der Waals surface area contributed by atoms with Gasteiger partial charge in [-0.1, -0.05) is 24.3 Å². The van der Waals surface area contributed by atoms with E-state index in [1.54, 1.807) is 11.7 Å². The minimum Gasteiger partial charge on any atom is -0.497 e. The van der Waals surface area contributed by atoms with Crippen LogP contribution in [0.1, 0.15) is 36.3 Å². The molecule has 0 saturated carbocycles. The summed E-state index contributed by atoms with van der Waals surface area (Å²) >= 11 is 0. The minimum absolute atomic E-state index is 0.0586. The first-order valence-electron chi connectivity index (χ1n) is 11.1. The Labute approximate surface area is 193 Å². The fourth-order valence-corrected chi connectivity index (χ4v) is 3.91. The molecule has 0 bridgehead atoms. The van der Waals surface area contributed by atoms with Gasteiger partial charge in [-0.15, -0.1) is 0 Å². The minimum atomic E-state index is -0.0586. The van der Waals surface area contributed by atoms with Crippen molar-refractivity contribution in [2.45, 2.75) is 46.2 Å². The van der Waals surface area contributed by atoms with Crippen molar-refractivity contribution < 1.29 is 4.74 Å². The number of aromatic nitrogens is 4. The number of nitrogens with one attached hydrogen (secondary N) is 1. The standard InChI is InChI=1S/C26H29N5O2/c1-17(9-10-20-11-13-22(33-4)14-12-20)27-25-15-21(28-18(2)29-25)16-31-19(3)30-24-8-6-5-7-23(24)26(31)32/h5-8,11-15,17H,9-10,16H2,1-4H3,(H,27,28,29)/t17-/m0/s1. The van der Waals surface area contributed by atoms with Gasteiger partial charge in [-0.05, 0) is 63.4 Å². The first kappa shape index (κ1) is 22.5. The zero-order valence-electron chi connectivity index (χ0n) is 19.5. The van der Waals surface area contributed by atoms with E-state index in [2.05, 4.69) is 39.3 Å². The molecule has 0 aliphatic rings. The van der Waals surface area contributed by atoms with E-state index in [0.717, 1.165) is 30.1 Å². The number of para-hydroxylation sites is 1. The van der Waals surface area contributed by atoms with Crippen LogP contribution in [0.5, 0.6) is 5.75 Å². The van der Waals surface area contributed by atoms with E-state index in [0.29, 0.717) is 29.1 Å². The van der Waals surface area contributed by atoms with Crippen molar-refractivity contribution >= 4 is 16.7 Å². The van der Waals surface area contributed by atoms with Crippen LogP contribution in [0.4, 0.5) is 5.82 Å². The van der Waals surface area contributed by atoms with E-state index in [4.69, 9.17) is 4.74 Å². The van der Waals surface area contributed by atoms with Crippen LogP contribution in [-0.4, -0.2) is 32.7 Å². The zero-order chi connectivity index (χ0) is 23.4. The Balaban J connectivity index is 1.47. The first-order chi connectivity index (χ1) is 15.9. The molecule has 170 valence electrons. The molecule has 0 spiro atoms. The summed E-state index contributed by atoms with van der Waals surface area (Å²) in [7, 11) is 1.67. The molecular formula is C26H29N5O2. The summed E-state index contributed by atoms with van der Waals surface area (Å²) in [6, 6.07) is 17.7. The molecule has 0 saturated heterocycles. The molecule has 33 heavy (non-hydrogen) atoms. The first-order valence-corrected chi connectivity index (χ1v) is 11.1. The lowest BCUT2D eigenvalue weighted by atomic mass is 10.1. The number of fused-ring (bicyclic) bond motifs is 1. The smallest absolute Gasteiger partial charge is 0.261 e. The van der Waals surface area contributed by atoms with Gasteiger partial charge in [-0.3, -0.25) is 9.36 Å². The summed E-state index contributed by atoms with van der Waals surface area (Å²) in [5.41, 5.74) is 2.69. The lowest BCUT2D eigenvalue weighted by Crippen LogP contribution is -2.25. The van der Waals surface area contributed by atoms with Crippen LogP contribution in [0.3, 0.4) is 0 Å². The van der Waals surface area contributed by atoms with Crippen LogP contribution in [0.15, 0.2) is 59.4 Å². The lowest BCUT2D eigenvalue weighted by molar-refractivity contribution is 0.414. The third kappa shape index (κ3) is 5.37. The van der Waals surface area contributed by atoms with Gasteiger partial charge in [0.15, 0.2) is 0 Å². The van der Waals surface area contributed by atoms with Gasteiger partial charge in [0.05, 0.1) is 30.3 Å². The summed E-state index contributed by atoms with van der Waals surface area (Å²) in [4.78, 5) is 26.7. The van der Waals surface area contributed by atoms with Crippen LogP contribution < -0.4 is 15.6 Å². The van der Waals surface area contributed by atoms with Crippen LogP contribution in [0, 0.1) is 13.8 Å². The highest BCUT2D eigenvalue weighted by Gasteiger charge is 2.11. The Morgan fingerprint density at radius 3 is 2.55 bits per heavy atom. The van der Waals surface area contributed by atoms with Crippen molar-refractivity contribution in [1.82, 2.24) is 19.5 Å². The van der Waals surface area contributed by atoms with Crippen molar-refractivity contribution in [3.05, 3.63) is 87.9 Å². The lowest BCUT2D eigenvalue weighted by Gasteiger charge is -2.16. The number of rotatable bonds is 8. The molecule has 1 atom stereocenters. The van der Waals surface area contributed by atoms with Gasteiger partial charge in [0.1, 0.15) is 23.2 Å². The molecule has 2 aromatic heterocycles. The van der Waals surface area contributed by atoms with E-state index < -0.39 is 0 Å². The van der Waals surface area contributed by atoms with Gasteiger partial charge in [0, 0.05) is 12.1 Å². The third-order valence-electron chi connectivity index (χ3n) is 5.68. The second-order valence-corrected chi connectivity index (χ2v) is 8.29. The molecule has 0 radical (unpaired) electrons.